The third-order valence-electron chi connectivity index (χ3n) is 8.60. The van der Waals surface area contributed by atoms with Gasteiger partial charge in [-0.15, -0.1) is 0 Å². The van der Waals surface area contributed by atoms with Crippen LogP contribution in [0.5, 0.6) is 0 Å². The van der Waals surface area contributed by atoms with Crippen molar-refractivity contribution < 1.29 is 22.3 Å². The van der Waals surface area contributed by atoms with Crippen LogP contribution in [0.1, 0.15) is 26.2 Å². The first kappa shape index (κ1) is 32.8. The van der Waals surface area contributed by atoms with E-state index in [1.54, 1.807) is 35.3 Å². The Kier molecular flexibility index (Phi) is 8.47. The molecule has 0 amide bonds. The topological polar surface area (TPSA) is 151 Å². The molecule has 1 fully saturated rings. The Morgan fingerprint density at radius 3 is 2.55 bits per heavy atom. The Morgan fingerprint density at radius 2 is 1.78 bits per heavy atom. The standard InChI is InChI=1S/C32H27Cl2F2N9O3S/c1-2-32(46)11-14-44(15-12-32)31-29-22(10-13-37-31)45(17-40-29)24-9-8-21-28(41-24)30(39-16-38-21)42-27-19(35)6-7-20(26(27)36)43-49(47,48)23-5-3-4-18(33)25(23)34/h3-10,13,16-17,43,46H,2,11-12,14-15H2,1H3,(H,38,39,42). The zero-order valence-electron chi connectivity index (χ0n) is 25.7. The van der Waals surface area contributed by atoms with Crippen molar-refractivity contribution in [1.29, 1.82) is 0 Å². The van der Waals surface area contributed by atoms with Crippen LogP contribution in [0.3, 0.4) is 0 Å². The van der Waals surface area contributed by atoms with Gasteiger partial charge in [-0.2, -0.15) is 0 Å². The zero-order valence-corrected chi connectivity index (χ0v) is 28.0. The molecule has 6 aromatic rings. The number of hydrogen-bond donors (Lipinski definition) is 3. The number of rotatable bonds is 8. The van der Waals surface area contributed by atoms with Gasteiger partial charge in [0, 0.05) is 19.3 Å². The van der Waals surface area contributed by atoms with E-state index < -0.39 is 38.6 Å². The van der Waals surface area contributed by atoms with Crippen molar-refractivity contribution in [2.75, 3.05) is 28.0 Å². The van der Waals surface area contributed by atoms with Crippen LogP contribution in [0.25, 0.3) is 27.9 Å². The lowest BCUT2D eigenvalue weighted by Gasteiger charge is -2.38. The summed E-state index contributed by atoms with van der Waals surface area (Å²) in [4.78, 5) is 24.1. The second-order valence-corrected chi connectivity index (χ2v) is 13.9. The molecule has 0 unspecified atom stereocenters. The first-order valence-corrected chi connectivity index (χ1v) is 17.4. The van der Waals surface area contributed by atoms with E-state index in [1.807, 2.05) is 6.92 Å². The van der Waals surface area contributed by atoms with Crippen molar-refractivity contribution in [3.8, 4) is 5.82 Å². The van der Waals surface area contributed by atoms with Crippen molar-refractivity contribution in [2.45, 2.75) is 36.7 Å². The number of benzene rings is 2. The number of hydrogen-bond acceptors (Lipinski definition) is 10. The van der Waals surface area contributed by atoms with Gasteiger partial charge in [0.25, 0.3) is 10.0 Å². The molecule has 252 valence electrons. The second-order valence-electron chi connectivity index (χ2n) is 11.5. The number of sulfonamides is 1. The summed E-state index contributed by atoms with van der Waals surface area (Å²) in [6, 6.07) is 11.0. The summed E-state index contributed by atoms with van der Waals surface area (Å²) in [6.07, 6.45) is 6.42. The first-order chi connectivity index (χ1) is 23.5. The SMILES string of the molecule is CCC1(O)CCN(c2nccc3c2ncn3-c2ccc3ncnc(Nc4c(F)ccc(NS(=O)(=O)c5cccc(Cl)c5Cl)c4F)c3n2)CC1. The second kappa shape index (κ2) is 12.6. The highest BCUT2D eigenvalue weighted by molar-refractivity contribution is 7.92. The molecule has 49 heavy (non-hydrogen) atoms. The van der Waals surface area contributed by atoms with Crippen LogP contribution in [-0.2, 0) is 10.0 Å². The third kappa shape index (κ3) is 6.07. The number of halogens is 4. The van der Waals surface area contributed by atoms with Gasteiger partial charge in [0.15, 0.2) is 17.5 Å². The molecule has 2 aromatic carbocycles. The van der Waals surface area contributed by atoms with E-state index >= 15 is 8.78 Å². The van der Waals surface area contributed by atoms with Gasteiger partial charge in [-0.25, -0.2) is 42.1 Å². The number of aliphatic hydroxyl groups is 1. The summed E-state index contributed by atoms with van der Waals surface area (Å²) in [6.45, 7) is 3.25. The van der Waals surface area contributed by atoms with Gasteiger partial charge in [-0.1, -0.05) is 36.2 Å². The molecule has 0 saturated carbocycles. The maximum absolute atomic E-state index is 15.8. The average Bonchev–Trinajstić information content (AvgIpc) is 3.54. The molecule has 1 aliphatic heterocycles. The normalized spacial score (nSPS) is 14.8. The fourth-order valence-corrected chi connectivity index (χ4v) is 7.56. The predicted octanol–water partition coefficient (Wildman–Crippen LogP) is 6.63. The van der Waals surface area contributed by atoms with Gasteiger partial charge in [0.05, 0.1) is 32.4 Å². The largest absolute Gasteiger partial charge is 0.390 e. The molecule has 0 bridgehead atoms. The van der Waals surface area contributed by atoms with E-state index in [0.717, 1.165) is 17.6 Å². The lowest BCUT2D eigenvalue weighted by atomic mass is 9.89. The van der Waals surface area contributed by atoms with E-state index in [1.165, 1.54) is 24.5 Å². The first-order valence-electron chi connectivity index (χ1n) is 15.1. The lowest BCUT2D eigenvalue weighted by Crippen LogP contribution is -2.44. The number of pyridine rings is 2. The lowest BCUT2D eigenvalue weighted by molar-refractivity contribution is 0.0125. The highest BCUT2D eigenvalue weighted by Gasteiger charge is 2.32. The summed E-state index contributed by atoms with van der Waals surface area (Å²) >= 11 is 12.1. The Balaban J connectivity index is 1.22. The van der Waals surface area contributed by atoms with Crippen LogP contribution in [0, 0.1) is 11.6 Å². The monoisotopic (exact) mass is 725 g/mol. The third-order valence-corrected chi connectivity index (χ3v) is 10.9. The number of nitrogens with one attached hydrogen (secondary N) is 2. The molecule has 0 spiro atoms. The Bertz CT molecular complexity index is 2350. The maximum Gasteiger partial charge on any atom is 0.263 e. The van der Waals surface area contributed by atoms with Crippen molar-refractivity contribution in [1.82, 2.24) is 29.5 Å². The molecule has 5 heterocycles. The number of piperidine rings is 1. The smallest absolute Gasteiger partial charge is 0.263 e. The minimum atomic E-state index is -4.41. The molecular formula is C32H27Cl2F2N9O3S. The Hall–Kier alpha value is -4.70. The predicted molar refractivity (Wildman–Crippen MR) is 183 cm³/mol. The molecule has 7 rings (SSSR count). The van der Waals surface area contributed by atoms with Crippen LogP contribution in [0.15, 0.2) is 72.3 Å². The summed E-state index contributed by atoms with van der Waals surface area (Å²) < 4.78 is 60.9. The minimum Gasteiger partial charge on any atom is -0.390 e. The number of nitrogens with zero attached hydrogens (tertiary/aromatic N) is 7. The Morgan fingerprint density at radius 1 is 0.980 bits per heavy atom. The van der Waals surface area contributed by atoms with E-state index in [4.69, 9.17) is 28.2 Å². The molecule has 3 N–H and O–H groups in total. The molecular weight excluding hydrogens is 699 g/mol. The van der Waals surface area contributed by atoms with E-state index in [0.29, 0.717) is 55.0 Å². The van der Waals surface area contributed by atoms with Gasteiger partial charge in [0.2, 0.25) is 0 Å². The van der Waals surface area contributed by atoms with Crippen LogP contribution >= 0.6 is 23.2 Å². The van der Waals surface area contributed by atoms with E-state index in [9.17, 15) is 13.5 Å². The number of aromatic nitrogens is 6. The van der Waals surface area contributed by atoms with Crippen molar-refractivity contribution in [3.05, 3.63) is 89.1 Å². The van der Waals surface area contributed by atoms with Crippen LogP contribution < -0.4 is 14.9 Å². The zero-order chi connectivity index (χ0) is 34.5. The molecule has 12 nitrogen and oxygen atoms in total. The molecule has 1 saturated heterocycles. The highest BCUT2D eigenvalue weighted by Crippen LogP contribution is 2.35. The number of fused-ring (bicyclic) bond motifs is 2. The van der Waals surface area contributed by atoms with Gasteiger partial charge in [0.1, 0.15) is 45.9 Å². The summed E-state index contributed by atoms with van der Waals surface area (Å²) in [7, 11) is -4.41. The fraction of sp³-hybridized carbons (Fsp3) is 0.219. The molecule has 17 heteroatoms. The highest BCUT2D eigenvalue weighted by atomic mass is 35.5. The molecule has 0 radical (unpaired) electrons. The van der Waals surface area contributed by atoms with Crippen LogP contribution in [0.4, 0.5) is 31.8 Å². The van der Waals surface area contributed by atoms with Gasteiger partial charge in [-0.05, 0) is 61.7 Å². The fourth-order valence-electron chi connectivity index (χ4n) is 5.74. The van der Waals surface area contributed by atoms with Crippen molar-refractivity contribution in [2.24, 2.45) is 0 Å². The molecule has 0 aliphatic carbocycles. The summed E-state index contributed by atoms with van der Waals surface area (Å²) in [5, 5.41) is 13.1. The van der Waals surface area contributed by atoms with E-state index in [2.05, 4.69) is 34.9 Å². The summed E-state index contributed by atoms with van der Waals surface area (Å²) in [5.41, 5.74) is 0.0193. The Labute approximate surface area is 288 Å². The van der Waals surface area contributed by atoms with Gasteiger partial charge in [-0.3, -0.25) is 9.29 Å². The van der Waals surface area contributed by atoms with E-state index in [-0.39, 0.29) is 26.3 Å². The molecule has 1 aliphatic rings. The van der Waals surface area contributed by atoms with Gasteiger partial charge < -0.3 is 15.3 Å². The van der Waals surface area contributed by atoms with Gasteiger partial charge >= 0.3 is 0 Å². The summed E-state index contributed by atoms with van der Waals surface area (Å²) in [5.74, 6) is -1.17. The molecule has 4 aromatic heterocycles. The quantitative estimate of drug-likeness (QED) is 0.156. The number of anilines is 4. The van der Waals surface area contributed by atoms with Crippen molar-refractivity contribution in [3.63, 3.8) is 0 Å². The van der Waals surface area contributed by atoms with Crippen LogP contribution in [-0.4, -0.2) is 61.7 Å². The molecule has 0 atom stereocenters. The maximum atomic E-state index is 15.8. The minimum absolute atomic E-state index is 0.0117. The average molecular weight is 727 g/mol. The number of imidazole rings is 1. The van der Waals surface area contributed by atoms with Crippen molar-refractivity contribution >= 4 is 78.3 Å². The van der Waals surface area contributed by atoms with Crippen LogP contribution in [0.2, 0.25) is 10.0 Å².